The van der Waals surface area contributed by atoms with Crippen LogP contribution in [0.25, 0.3) is 17.3 Å². The molecular formula is C20H19N5O4. The summed E-state index contributed by atoms with van der Waals surface area (Å²) in [6.07, 6.45) is 1.86. The molecule has 3 heterocycles. The zero-order valence-electron chi connectivity index (χ0n) is 16.0. The molecule has 9 nitrogen and oxygen atoms in total. The van der Waals surface area contributed by atoms with E-state index < -0.39 is 0 Å². The average molecular weight is 393 g/mol. The number of hydrogen-bond acceptors (Lipinski definition) is 6. The number of para-hydroxylation sites is 1. The van der Waals surface area contributed by atoms with Crippen LogP contribution in [0.15, 0.2) is 62.5 Å². The Morgan fingerprint density at radius 3 is 2.69 bits per heavy atom. The fourth-order valence-electron chi connectivity index (χ4n) is 3.00. The van der Waals surface area contributed by atoms with Crippen LogP contribution in [0.3, 0.4) is 0 Å². The molecule has 4 rings (SSSR count). The van der Waals surface area contributed by atoms with Crippen LogP contribution in [0.1, 0.15) is 18.0 Å². The van der Waals surface area contributed by atoms with E-state index in [-0.39, 0.29) is 30.0 Å². The van der Waals surface area contributed by atoms with E-state index in [1.165, 1.54) is 10.9 Å². The van der Waals surface area contributed by atoms with Gasteiger partial charge in [0.15, 0.2) is 5.76 Å². The minimum Gasteiger partial charge on any atom is -0.461 e. The van der Waals surface area contributed by atoms with E-state index in [0.717, 1.165) is 5.69 Å². The van der Waals surface area contributed by atoms with Crippen molar-refractivity contribution in [1.82, 2.24) is 19.5 Å². The fraction of sp³-hybridized carbons (Fsp3) is 0.200. The second-order valence-corrected chi connectivity index (χ2v) is 6.47. The van der Waals surface area contributed by atoms with Gasteiger partial charge in [-0.25, -0.2) is 4.68 Å². The minimum absolute atomic E-state index is 0.0961. The Morgan fingerprint density at radius 1 is 1.17 bits per heavy atom. The van der Waals surface area contributed by atoms with Crippen molar-refractivity contribution in [2.45, 2.75) is 19.8 Å². The third-order valence-corrected chi connectivity index (χ3v) is 4.59. The molecule has 29 heavy (non-hydrogen) atoms. The van der Waals surface area contributed by atoms with Crippen molar-refractivity contribution >= 4 is 11.6 Å². The Balaban J connectivity index is 1.46. The Morgan fingerprint density at radius 2 is 1.97 bits per heavy atom. The molecule has 0 unspecified atom stereocenters. The standard InChI is InChI=1S/C20H19N5O4/c1-13-18(20(27)25(24(13)2)14-7-4-3-5-8-14)21-16(26)10-11-17-22-19(23-29-17)15-9-6-12-28-15/h3-9,12H,10-11H2,1-2H3,(H,21,26). The molecule has 0 aliphatic heterocycles. The molecule has 1 aromatic carbocycles. The van der Waals surface area contributed by atoms with Gasteiger partial charge in [-0.05, 0) is 31.2 Å². The molecule has 1 amide bonds. The molecular weight excluding hydrogens is 374 g/mol. The number of anilines is 1. The third kappa shape index (κ3) is 3.62. The molecule has 3 aromatic heterocycles. The zero-order valence-corrected chi connectivity index (χ0v) is 16.0. The lowest BCUT2D eigenvalue weighted by Gasteiger charge is -2.07. The lowest BCUT2D eigenvalue weighted by molar-refractivity contribution is -0.116. The predicted molar refractivity (Wildman–Crippen MR) is 105 cm³/mol. The van der Waals surface area contributed by atoms with Gasteiger partial charge in [-0.2, -0.15) is 4.98 Å². The molecule has 148 valence electrons. The number of furan rings is 1. The number of nitrogens with zero attached hydrogens (tertiary/aromatic N) is 4. The number of hydrogen-bond donors (Lipinski definition) is 1. The first kappa shape index (κ1) is 18.5. The molecule has 0 spiro atoms. The van der Waals surface area contributed by atoms with E-state index in [1.807, 2.05) is 30.3 Å². The lowest BCUT2D eigenvalue weighted by Crippen LogP contribution is -2.23. The van der Waals surface area contributed by atoms with Crippen molar-refractivity contribution in [3.05, 3.63) is 70.7 Å². The number of benzene rings is 1. The van der Waals surface area contributed by atoms with E-state index in [2.05, 4.69) is 15.5 Å². The maximum Gasteiger partial charge on any atom is 0.295 e. The van der Waals surface area contributed by atoms with Crippen LogP contribution in [0.4, 0.5) is 5.69 Å². The van der Waals surface area contributed by atoms with Gasteiger partial charge in [0.25, 0.3) is 5.56 Å². The smallest absolute Gasteiger partial charge is 0.295 e. The van der Waals surface area contributed by atoms with E-state index in [9.17, 15) is 9.59 Å². The van der Waals surface area contributed by atoms with Gasteiger partial charge in [-0.15, -0.1) is 0 Å². The molecule has 0 radical (unpaired) electrons. The summed E-state index contributed by atoms with van der Waals surface area (Å²) in [5.41, 5.74) is 1.34. The summed E-state index contributed by atoms with van der Waals surface area (Å²) in [4.78, 5) is 29.4. The Bertz CT molecular complexity index is 1190. The monoisotopic (exact) mass is 393 g/mol. The van der Waals surface area contributed by atoms with Gasteiger partial charge in [-0.3, -0.25) is 14.3 Å². The number of aryl methyl sites for hydroxylation is 1. The van der Waals surface area contributed by atoms with E-state index >= 15 is 0 Å². The maximum absolute atomic E-state index is 12.8. The summed E-state index contributed by atoms with van der Waals surface area (Å²) < 4.78 is 13.6. The molecule has 4 aromatic rings. The summed E-state index contributed by atoms with van der Waals surface area (Å²) in [6, 6.07) is 12.7. The Labute approximate surface area is 165 Å². The molecule has 0 aliphatic carbocycles. The second kappa shape index (κ2) is 7.63. The number of nitrogens with one attached hydrogen (secondary N) is 1. The first-order chi connectivity index (χ1) is 14.0. The first-order valence-corrected chi connectivity index (χ1v) is 9.05. The highest BCUT2D eigenvalue weighted by atomic mass is 16.5. The second-order valence-electron chi connectivity index (χ2n) is 6.47. The molecule has 9 heteroatoms. The van der Waals surface area contributed by atoms with E-state index in [0.29, 0.717) is 23.2 Å². The van der Waals surface area contributed by atoms with Crippen molar-refractivity contribution in [3.8, 4) is 17.3 Å². The van der Waals surface area contributed by atoms with Gasteiger partial charge in [0, 0.05) is 19.9 Å². The highest BCUT2D eigenvalue weighted by Crippen LogP contribution is 2.17. The normalized spacial score (nSPS) is 11.0. The van der Waals surface area contributed by atoms with E-state index in [1.54, 1.807) is 30.8 Å². The number of carbonyl (C=O) groups excluding carboxylic acids is 1. The Hall–Kier alpha value is -3.88. The van der Waals surface area contributed by atoms with Crippen molar-refractivity contribution in [2.24, 2.45) is 7.05 Å². The molecule has 0 saturated carbocycles. The number of aromatic nitrogens is 4. The SMILES string of the molecule is Cc1c(NC(=O)CCc2nc(-c3ccco3)no2)c(=O)n(-c2ccccc2)n1C. The lowest BCUT2D eigenvalue weighted by atomic mass is 10.3. The summed E-state index contributed by atoms with van der Waals surface area (Å²) in [6.45, 7) is 1.78. The molecule has 0 fully saturated rings. The van der Waals surface area contributed by atoms with Gasteiger partial charge in [-0.1, -0.05) is 23.4 Å². The summed E-state index contributed by atoms with van der Waals surface area (Å²) in [5, 5.41) is 6.54. The average Bonchev–Trinajstić information content (AvgIpc) is 3.45. The Kier molecular flexibility index (Phi) is 4.86. The van der Waals surface area contributed by atoms with Gasteiger partial charge in [0.05, 0.1) is 17.6 Å². The number of carbonyl (C=O) groups is 1. The number of amides is 1. The summed E-state index contributed by atoms with van der Waals surface area (Å²) in [7, 11) is 1.77. The maximum atomic E-state index is 12.8. The van der Waals surface area contributed by atoms with Gasteiger partial charge < -0.3 is 14.3 Å². The van der Waals surface area contributed by atoms with Crippen LogP contribution >= 0.6 is 0 Å². The molecule has 0 bridgehead atoms. The quantitative estimate of drug-likeness (QED) is 0.540. The minimum atomic E-state index is -0.311. The first-order valence-electron chi connectivity index (χ1n) is 9.05. The highest BCUT2D eigenvalue weighted by Gasteiger charge is 2.19. The largest absolute Gasteiger partial charge is 0.461 e. The molecule has 0 atom stereocenters. The van der Waals surface area contributed by atoms with Crippen LogP contribution in [0, 0.1) is 6.92 Å². The summed E-state index contributed by atoms with van der Waals surface area (Å²) in [5.74, 6) is 0.827. The van der Waals surface area contributed by atoms with Crippen molar-refractivity contribution in [2.75, 3.05) is 5.32 Å². The molecule has 0 saturated heterocycles. The van der Waals surface area contributed by atoms with Crippen LogP contribution in [-0.4, -0.2) is 25.4 Å². The topological polar surface area (TPSA) is 108 Å². The third-order valence-electron chi connectivity index (χ3n) is 4.59. The predicted octanol–water partition coefficient (Wildman–Crippen LogP) is 2.70. The van der Waals surface area contributed by atoms with Gasteiger partial charge in [0.2, 0.25) is 17.6 Å². The highest BCUT2D eigenvalue weighted by molar-refractivity contribution is 5.91. The molecule has 0 aliphatic rings. The summed E-state index contributed by atoms with van der Waals surface area (Å²) >= 11 is 0. The zero-order chi connectivity index (χ0) is 20.4. The van der Waals surface area contributed by atoms with Crippen molar-refractivity contribution in [1.29, 1.82) is 0 Å². The van der Waals surface area contributed by atoms with Crippen LogP contribution in [0.2, 0.25) is 0 Å². The van der Waals surface area contributed by atoms with Crippen LogP contribution < -0.4 is 10.9 Å². The molecule has 1 N–H and O–H groups in total. The van der Waals surface area contributed by atoms with Gasteiger partial charge in [0.1, 0.15) is 5.69 Å². The van der Waals surface area contributed by atoms with Crippen LogP contribution in [-0.2, 0) is 18.3 Å². The van der Waals surface area contributed by atoms with E-state index in [4.69, 9.17) is 8.94 Å². The van der Waals surface area contributed by atoms with Crippen molar-refractivity contribution in [3.63, 3.8) is 0 Å². The van der Waals surface area contributed by atoms with Crippen molar-refractivity contribution < 1.29 is 13.7 Å². The fourth-order valence-corrected chi connectivity index (χ4v) is 3.00. The van der Waals surface area contributed by atoms with Gasteiger partial charge >= 0.3 is 0 Å². The number of rotatable bonds is 6. The van der Waals surface area contributed by atoms with Crippen LogP contribution in [0.5, 0.6) is 0 Å².